The third-order valence-corrected chi connectivity index (χ3v) is 6.49. The smallest absolute Gasteiger partial charge is 0.148 e. The van der Waals surface area contributed by atoms with E-state index in [2.05, 4.69) is 24.1 Å². The number of nitrogens with zero attached hydrogens (tertiary/aromatic N) is 1. The van der Waals surface area contributed by atoms with Crippen molar-refractivity contribution < 1.29 is 8.42 Å². The molecule has 0 bridgehead atoms. The number of sulfone groups is 1. The summed E-state index contributed by atoms with van der Waals surface area (Å²) in [5.74, 6) is 0.283. The lowest BCUT2D eigenvalue weighted by Gasteiger charge is -2.53. The maximum Gasteiger partial charge on any atom is 0.148 e. The molecular weight excluding hydrogens is 272 g/mol. The van der Waals surface area contributed by atoms with Crippen LogP contribution in [0.2, 0.25) is 0 Å². The van der Waals surface area contributed by atoms with Gasteiger partial charge in [0.25, 0.3) is 0 Å². The van der Waals surface area contributed by atoms with E-state index < -0.39 is 9.84 Å². The van der Waals surface area contributed by atoms with Crippen molar-refractivity contribution in [3.63, 3.8) is 0 Å². The molecule has 0 aromatic heterocycles. The van der Waals surface area contributed by atoms with E-state index in [-0.39, 0.29) is 16.8 Å². The normalized spacial score (nSPS) is 26.1. The molecule has 0 radical (unpaired) electrons. The number of piperazine rings is 1. The minimum absolute atomic E-state index is 0.137. The van der Waals surface area contributed by atoms with Crippen molar-refractivity contribution in [3.05, 3.63) is 0 Å². The summed E-state index contributed by atoms with van der Waals surface area (Å²) in [4.78, 5) is 2.48. The Morgan fingerprint density at radius 3 is 2.25 bits per heavy atom. The summed E-state index contributed by atoms with van der Waals surface area (Å²) in [5.41, 5.74) is 0.393. The van der Waals surface area contributed by atoms with Gasteiger partial charge < -0.3 is 5.32 Å². The summed E-state index contributed by atoms with van der Waals surface area (Å²) in [7, 11) is -2.89. The lowest BCUT2D eigenvalue weighted by molar-refractivity contribution is 0.00464. The molecule has 0 atom stereocenters. The molecule has 1 aliphatic heterocycles. The van der Waals surface area contributed by atoms with Gasteiger partial charge in [-0.2, -0.15) is 0 Å². The van der Waals surface area contributed by atoms with Crippen LogP contribution in [0.3, 0.4) is 0 Å². The molecular formula is C15H30N2O2S. The first-order valence-electron chi connectivity index (χ1n) is 8.03. The second-order valence-corrected chi connectivity index (χ2v) is 9.08. The molecule has 118 valence electrons. The zero-order chi connectivity index (χ0) is 14.9. The average molecular weight is 302 g/mol. The fraction of sp³-hybridized carbons (Fsp3) is 1.00. The van der Waals surface area contributed by atoms with Gasteiger partial charge in [0.15, 0.2) is 0 Å². The van der Waals surface area contributed by atoms with Crippen molar-refractivity contribution >= 4 is 9.84 Å². The predicted octanol–water partition coefficient (Wildman–Crippen LogP) is 1.81. The average Bonchev–Trinajstić information content (AvgIpc) is 2.85. The minimum atomic E-state index is -2.89. The highest BCUT2D eigenvalue weighted by molar-refractivity contribution is 7.90. The molecule has 0 aromatic carbocycles. The van der Waals surface area contributed by atoms with Crippen LogP contribution in [0.1, 0.15) is 52.4 Å². The van der Waals surface area contributed by atoms with E-state index in [4.69, 9.17) is 0 Å². The zero-order valence-corrected chi connectivity index (χ0v) is 14.1. The summed E-state index contributed by atoms with van der Waals surface area (Å²) in [5, 5.41) is 3.82. The molecule has 1 N–H and O–H groups in total. The van der Waals surface area contributed by atoms with Crippen LogP contribution >= 0.6 is 0 Å². The maximum absolute atomic E-state index is 11.5. The van der Waals surface area contributed by atoms with Gasteiger partial charge in [-0.1, -0.05) is 26.7 Å². The number of rotatable bonds is 5. The third kappa shape index (κ3) is 3.37. The second-order valence-electron chi connectivity index (χ2n) is 6.82. The molecule has 1 saturated heterocycles. The van der Waals surface area contributed by atoms with E-state index in [0.717, 1.165) is 25.9 Å². The molecule has 0 amide bonds. The first-order chi connectivity index (χ1) is 9.35. The fourth-order valence-corrected chi connectivity index (χ4v) is 4.53. The summed E-state index contributed by atoms with van der Waals surface area (Å²) in [6.07, 6.45) is 8.60. The van der Waals surface area contributed by atoms with E-state index in [9.17, 15) is 8.42 Å². The van der Waals surface area contributed by atoms with Crippen LogP contribution in [-0.2, 0) is 9.84 Å². The van der Waals surface area contributed by atoms with E-state index >= 15 is 0 Å². The third-order valence-electron chi connectivity index (χ3n) is 5.57. The molecule has 2 fully saturated rings. The summed E-state index contributed by atoms with van der Waals surface area (Å²) in [6.45, 7) is 7.16. The van der Waals surface area contributed by atoms with Gasteiger partial charge in [0.1, 0.15) is 9.84 Å². The zero-order valence-electron chi connectivity index (χ0n) is 13.2. The summed E-state index contributed by atoms with van der Waals surface area (Å²) in [6, 6.07) is 0. The molecule has 2 aliphatic rings. The SMILES string of the molecule is CCC1(CC)CNC2(CCCC2)CN1CCS(C)(=O)=O. The van der Waals surface area contributed by atoms with Crippen LogP contribution in [0.25, 0.3) is 0 Å². The van der Waals surface area contributed by atoms with E-state index in [1.807, 2.05) is 0 Å². The Hall–Kier alpha value is -0.130. The Morgan fingerprint density at radius 2 is 1.75 bits per heavy atom. The molecule has 1 spiro atoms. The van der Waals surface area contributed by atoms with Crippen molar-refractivity contribution in [1.29, 1.82) is 0 Å². The standard InChI is InChI=1S/C15H30N2O2S/c1-4-15(5-2)12-16-14(8-6-7-9-14)13-17(15)10-11-20(3,18)19/h16H,4-13H2,1-3H3. The topological polar surface area (TPSA) is 49.4 Å². The van der Waals surface area contributed by atoms with Crippen LogP contribution in [0.4, 0.5) is 0 Å². The number of hydrogen-bond donors (Lipinski definition) is 1. The monoisotopic (exact) mass is 302 g/mol. The fourth-order valence-electron chi connectivity index (χ4n) is 3.98. The van der Waals surface area contributed by atoms with Crippen LogP contribution in [-0.4, -0.2) is 56.0 Å². The molecule has 2 rings (SSSR count). The van der Waals surface area contributed by atoms with Gasteiger partial charge in [-0.3, -0.25) is 4.90 Å². The van der Waals surface area contributed by atoms with Crippen molar-refractivity contribution in [1.82, 2.24) is 10.2 Å². The summed E-state index contributed by atoms with van der Waals surface area (Å²) < 4.78 is 23.1. The van der Waals surface area contributed by atoms with Crippen molar-refractivity contribution in [2.24, 2.45) is 0 Å². The van der Waals surface area contributed by atoms with E-state index in [1.165, 1.54) is 31.9 Å². The van der Waals surface area contributed by atoms with Crippen LogP contribution in [0.5, 0.6) is 0 Å². The van der Waals surface area contributed by atoms with Crippen molar-refractivity contribution in [3.8, 4) is 0 Å². The van der Waals surface area contributed by atoms with Crippen molar-refractivity contribution in [2.75, 3.05) is 31.6 Å². The first-order valence-corrected chi connectivity index (χ1v) is 10.1. The Balaban J connectivity index is 2.14. The molecule has 0 unspecified atom stereocenters. The molecule has 0 aromatic rings. The largest absolute Gasteiger partial charge is 0.308 e. The van der Waals surface area contributed by atoms with Gasteiger partial charge in [-0.15, -0.1) is 0 Å². The van der Waals surface area contributed by atoms with Gasteiger partial charge >= 0.3 is 0 Å². The molecule has 1 heterocycles. The molecule has 20 heavy (non-hydrogen) atoms. The lowest BCUT2D eigenvalue weighted by Crippen LogP contribution is -2.69. The predicted molar refractivity (Wildman–Crippen MR) is 83.8 cm³/mol. The highest BCUT2D eigenvalue weighted by Crippen LogP contribution is 2.38. The first kappa shape index (κ1) is 16.2. The van der Waals surface area contributed by atoms with E-state index in [1.54, 1.807) is 0 Å². The summed E-state index contributed by atoms with van der Waals surface area (Å²) >= 11 is 0. The molecule has 5 heteroatoms. The molecule has 1 saturated carbocycles. The number of nitrogens with one attached hydrogen (secondary N) is 1. The molecule has 4 nitrogen and oxygen atoms in total. The van der Waals surface area contributed by atoms with Crippen molar-refractivity contribution in [2.45, 2.75) is 63.5 Å². The second kappa shape index (κ2) is 5.93. The molecule has 1 aliphatic carbocycles. The highest BCUT2D eigenvalue weighted by atomic mass is 32.2. The lowest BCUT2D eigenvalue weighted by atomic mass is 9.82. The van der Waals surface area contributed by atoms with Crippen LogP contribution in [0.15, 0.2) is 0 Å². The highest BCUT2D eigenvalue weighted by Gasteiger charge is 2.46. The van der Waals surface area contributed by atoms with Gasteiger partial charge in [0.2, 0.25) is 0 Å². The van der Waals surface area contributed by atoms with Gasteiger partial charge in [-0.05, 0) is 25.7 Å². The van der Waals surface area contributed by atoms with Gasteiger partial charge in [-0.25, -0.2) is 8.42 Å². The Kier molecular flexibility index (Phi) is 4.82. The maximum atomic E-state index is 11.5. The van der Waals surface area contributed by atoms with E-state index in [0.29, 0.717) is 6.54 Å². The van der Waals surface area contributed by atoms with Gasteiger partial charge in [0.05, 0.1) is 5.75 Å². The van der Waals surface area contributed by atoms with Crippen LogP contribution in [0, 0.1) is 0 Å². The number of hydrogen-bond acceptors (Lipinski definition) is 4. The quantitative estimate of drug-likeness (QED) is 0.841. The Morgan fingerprint density at radius 1 is 1.15 bits per heavy atom. The van der Waals surface area contributed by atoms with Gasteiger partial charge in [0, 0.05) is 37.0 Å². The minimum Gasteiger partial charge on any atom is -0.308 e. The van der Waals surface area contributed by atoms with Crippen LogP contribution < -0.4 is 5.32 Å². The Labute approximate surface area is 124 Å². The Bertz CT molecular complexity index is 423.